The second-order valence-electron chi connectivity index (χ2n) is 3.15. The standard InChI is InChI=1S/C10H14N2O2/c1-3-12(2)7-8-5-4-6-11-9(8)10(13)14/h4-6H,3,7H2,1-2H3,(H,13,14). The summed E-state index contributed by atoms with van der Waals surface area (Å²) in [5.74, 6) is -0.967. The Morgan fingerprint density at radius 1 is 1.64 bits per heavy atom. The molecule has 0 bridgehead atoms. The zero-order valence-electron chi connectivity index (χ0n) is 8.40. The molecule has 1 heterocycles. The van der Waals surface area contributed by atoms with Crippen LogP contribution in [-0.4, -0.2) is 34.6 Å². The molecule has 0 saturated heterocycles. The summed E-state index contributed by atoms with van der Waals surface area (Å²) in [6.07, 6.45) is 1.50. The highest BCUT2D eigenvalue weighted by Gasteiger charge is 2.11. The summed E-state index contributed by atoms with van der Waals surface area (Å²) in [6.45, 7) is 3.52. The molecule has 0 aliphatic heterocycles. The highest BCUT2D eigenvalue weighted by molar-refractivity contribution is 5.86. The van der Waals surface area contributed by atoms with Gasteiger partial charge in [0.2, 0.25) is 0 Å². The summed E-state index contributed by atoms with van der Waals surface area (Å²) in [5, 5.41) is 8.87. The van der Waals surface area contributed by atoms with E-state index in [2.05, 4.69) is 4.98 Å². The minimum atomic E-state index is -0.967. The van der Waals surface area contributed by atoms with E-state index in [0.29, 0.717) is 6.54 Å². The summed E-state index contributed by atoms with van der Waals surface area (Å²) in [5.41, 5.74) is 0.900. The van der Waals surface area contributed by atoms with E-state index in [1.165, 1.54) is 6.20 Å². The summed E-state index contributed by atoms with van der Waals surface area (Å²) in [4.78, 5) is 16.7. The number of hydrogen-bond donors (Lipinski definition) is 1. The molecule has 0 saturated carbocycles. The Kier molecular flexibility index (Phi) is 3.59. The van der Waals surface area contributed by atoms with Crippen LogP contribution in [0, 0.1) is 0 Å². The van der Waals surface area contributed by atoms with Crippen LogP contribution < -0.4 is 0 Å². The monoisotopic (exact) mass is 194 g/mol. The number of aromatic nitrogens is 1. The van der Waals surface area contributed by atoms with Gasteiger partial charge in [-0.05, 0) is 25.2 Å². The maximum atomic E-state index is 10.8. The molecule has 14 heavy (non-hydrogen) atoms. The second-order valence-corrected chi connectivity index (χ2v) is 3.15. The second kappa shape index (κ2) is 4.72. The third-order valence-electron chi connectivity index (χ3n) is 2.07. The highest BCUT2D eigenvalue weighted by Crippen LogP contribution is 2.07. The van der Waals surface area contributed by atoms with Crippen molar-refractivity contribution in [1.82, 2.24) is 9.88 Å². The van der Waals surface area contributed by atoms with E-state index in [-0.39, 0.29) is 5.69 Å². The predicted molar refractivity (Wildman–Crippen MR) is 53.2 cm³/mol. The van der Waals surface area contributed by atoms with Crippen LogP contribution in [0.3, 0.4) is 0 Å². The van der Waals surface area contributed by atoms with E-state index in [1.807, 2.05) is 18.9 Å². The minimum Gasteiger partial charge on any atom is -0.477 e. The van der Waals surface area contributed by atoms with Gasteiger partial charge in [-0.3, -0.25) is 0 Å². The lowest BCUT2D eigenvalue weighted by atomic mass is 10.2. The molecule has 0 radical (unpaired) electrons. The maximum absolute atomic E-state index is 10.8. The number of carboxylic acid groups (broad SMARTS) is 1. The van der Waals surface area contributed by atoms with Crippen molar-refractivity contribution in [3.63, 3.8) is 0 Å². The molecule has 0 unspecified atom stereocenters. The van der Waals surface area contributed by atoms with E-state index in [0.717, 1.165) is 12.1 Å². The first-order valence-electron chi connectivity index (χ1n) is 4.51. The zero-order valence-corrected chi connectivity index (χ0v) is 8.40. The van der Waals surface area contributed by atoms with E-state index < -0.39 is 5.97 Å². The normalized spacial score (nSPS) is 10.5. The Bertz CT molecular complexity index is 326. The molecule has 0 aromatic carbocycles. The molecular formula is C10H14N2O2. The first kappa shape index (κ1) is 10.7. The lowest BCUT2D eigenvalue weighted by Crippen LogP contribution is -2.19. The van der Waals surface area contributed by atoms with Gasteiger partial charge in [-0.15, -0.1) is 0 Å². The van der Waals surface area contributed by atoms with Gasteiger partial charge in [0, 0.05) is 12.7 Å². The minimum absolute atomic E-state index is 0.146. The quantitative estimate of drug-likeness (QED) is 0.783. The lowest BCUT2D eigenvalue weighted by molar-refractivity contribution is 0.0688. The molecule has 0 fully saturated rings. The molecule has 1 aromatic heterocycles. The van der Waals surface area contributed by atoms with Crippen LogP contribution in [0.1, 0.15) is 23.0 Å². The maximum Gasteiger partial charge on any atom is 0.354 e. The Morgan fingerprint density at radius 2 is 2.36 bits per heavy atom. The molecule has 0 spiro atoms. The van der Waals surface area contributed by atoms with Gasteiger partial charge in [0.15, 0.2) is 5.69 Å². The first-order valence-corrected chi connectivity index (χ1v) is 4.51. The summed E-state index contributed by atoms with van der Waals surface area (Å²) < 4.78 is 0. The van der Waals surface area contributed by atoms with Crippen molar-refractivity contribution in [1.29, 1.82) is 0 Å². The van der Waals surface area contributed by atoms with Crippen LogP contribution in [0.25, 0.3) is 0 Å². The van der Waals surface area contributed by atoms with E-state index in [9.17, 15) is 4.79 Å². The molecule has 4 nitrogen and oxygen atoms in total. The molecule has 4 heteroatoms. The van der Waals surface area contributed by atoms with Gasteiger partial charge in [-0.25, -0.2) is 9.78 Å². The fourth-order valence-electron chi connectivity index (χ4n) is 1.16. The van der Waals surface area contributed by atoms with Crippen molar-refractivity contribution < 1.29 is 9.90 Å². The van der Waals surface area contributed by atoms with Crippen molar-refractivity contribution in [2.24, 2.45) is 0 Å². The van der Waals surface area contributed by atoms with Crippen molar-refractivity contribution in [2.45, 2.75) is 13.5 Å². The lowest BCUT2D eigenvalue weighted by Gasteiger charge is -2.14. The Morgan fingerprint density at radius 3 is 2.93 bits per heavy atom. The van der Waals surface area contributed by atoms with Crippen LogP contribution in [0.4, 0.5) is 0 Å². The van der Waals surface area contributed by atoms with Crippen LogP contribution in [0.15, 0.2) is 18.3 Å². The summed E-state index contributed by atoms with van der Waals surface area (Å²) in [7, 11) is 1.94. The Labute approximate surface area is 83.2 Å². The third-order valence-corrected chi connectivity index (χ3v) is 2.07. The van der Waals surface area contributed by atoms with Gasteiger partial charge >= 0.3 is 5.97 Å². The summed E-state index contributed by atoms with van der Waals surface area (Å²) >= 11 is 0. The van der Waals surface area contributed by atoms with Crippen LogP contribution in [0.5, 0.6) is 0 Å². The smallest absolute Gasteiger partial charge is 0.354 e. The van der Waals surface area contributed by atoms with Crippen LogP contribution in [-0.2, 0) is 6.54 Å². The van der Waals surface area contributed by atoms with Crippen LogP contribution >= 0.6 is 0 Å². The van der Waals surface area contributed by atoms with Crippen LogP contribution in [0.2, 0.25) is 0 Å². The number of pyridine rings is 1. The molecule has 0 aliphatic rings. The fourth-order valence-corrected chi connectivity index (χ4v) is 1.16. The molecular weight excluding hydrogens is 180 g/mol. The van der Waals surface area contributed by atoms with Crippen molar-refractivity contribution in [3.05, 3.63) is 29.6 Å². The first-order chi connectivity index (χ1) is 6.65. The van der Waals surface area contributed by atoms with Gasteiger partial charge in [-0.2, -0.15) is 0 Å². The largest absolute Gasteiger partial charge is 0.477 e. The zero-order chi connectivity index (χ0) is 10.6. The van der Waals surface area contributed by atoms with Gasteiger partial charge in [0.05, 0.1) is 0 Å². The van der Waals surface area contributed by atoms with Gasteiger partial charge in [-0.1, -0.05) is 13.0 Å². The Hall–Kier alpha value is -1.42. The molecule has 0 amide bonds. The van der Waals surface area contributed by atoms with E-state index >= 15 is 0 Å². The van der Waals surface area contributed by atoms with E-state index in [4.69, 9.17) is 5.11 Å². The number of hydrogen-bond acceptors (Lipinski definition) is 3. The number of nitrogens with zero attached hydrogens (tertiary/aromatic N) is 2. The average molecular weight is 194 g/mol. The van der Waals surface area contributed by atoms with Gasteiger partial charge in [0.1, 0.15) is 0 Å². The molecule has 0 aliphatic carbocycles. The number of aromatic carboxylic acids is 1. The Balaban J connectivity index is 2.90. The molecule has 1 N–H and O–H groups in total. The van der Waals surface area contributed by atoms with Gasteiger partial charge < -0.3 is 10.0 Å². The van der Waals surface area contributed by atoms with Crippen molar-refractivity contribution in [2.75, 3.05) is 13.6 Å². The average Bonchev–Trinajstić information content (AvgIpc) is 2.18. The van der Waals surface area contributed by atoms with E-state index in [1.54, 1.807) is 12.1 Å². The fraction of sp³-hybridized carbons (Fsp3) is 0.400. The number of rotatable bonds is 4. The molecule has 1 rings (SSSR count). The molecule has 76 valence electrons. The summed E-state index contributed by atoms with van der Waals surface area (Å²) in [6, 6.07) is 3.55. The van der Waals surface area contributed by atoms with Crippen molar-refractivity contribution in [3.8, 4) is 0 Å². The van der Waals surface area contributed by atoms with Crippen molar-refractivity contribution >= 4 is 5.97 Å². The predicted octanol–water partition coefficient (Wildman–Crippen LogP) is 1.23. The third kappa shape index (κ3) is 2.53. The number of carboxylic acids is 1. The topological polar surface area (TPSA) is 53.4 Å². The highest BCUT2D eigenvalue weighted by atomic mass is 16.4. The molecule has 1 aromatic rings. The number of carbonyl (C=O) groups is 1. The molecule has 0 atom stereocenters. The van der Waals surface area contributed by atoms with Gasteiger partial charge in [0.25, 0.3) is 0 Å². The SMILES string of the molecule is CCN(C)Cc1cccnc1C(=O)O.